The van der Waals surface area contributed by atoms with E-state index >= 15 is 0 Å². The molecule has 4 heteroatoms. The van der Waals surface area contributed by atoms with Crippen LogP contribution in [0.4, 0.5) is 0 Å². The largest absolute Gasteiger partial charge is 0.303 e. The molecule has 1 atom stereocenters. The van der Waals surface area contributed by atoms with Gasteiger partial charge in [0, 0.05) is 25.1 Å². The van der Waals surface area contributed by atoms with Gasteiger partial charge in [-0.25, -0.2) is 0 Å². The zero-order valence-electron chi connectivity index (χ0n) is 11.1. The highest BCUT2D eigenvalue weighted by molar-refractivity contribution is 5.25. The molecule has 0 amide bonds. The number of fused-ring (bicyclic) bond motifs is 1. The van der Waals surface area contributed by atoms with Crippen molar-refractivity contribution in [1.29, 1.82) is 0 Å². The quantitative estimate of drug-likeness (QED) is 0.913. The lowest BCUT2D eigenvalue weighted by Crippen LogP contribution is -2.26. The van der Waals surface area contributed by atoms with Crippen LogP contribution < -0.4 is 5.32 Å². The summed E-state index contributed by atoms with van der Waals surface area (Å²) in [7, 11) is 0. The number of aryl methyl sites for hydroxylation is 2. The van der Waals surface area contributed by atoms with Crippen LogP contribution in [0.15, 0.2) is 30.7 Å². The fraction of sp³-hybridized carbons (Fsp3) is 0.400. The first-order chi connectivity index (χ1) is 9.33. The molecule has 0 aliphatic heterocycles. The second-order valence-electron chi connectivity index (χ2n) is 5.02. The second-order valence-corrected chi connectivity index (χ2v) is 5.02. The molecular weight excluding hydrogens is 236 g/mol. The van der Waals surface area contributed by atoms with Gasteiger partial charge in [0.25, 0.3) is 0 Å². The first-order valence-electron chi connectivity index (χ1n) is 6.77. The van der Waals surface area contributed by atoms with Gasteiger partial charge in [0.15, 0.2) is 0 Å². The molecule has 0 saturated carbocycles. The van der Waals surface area contributed by atoms with Crippen molar-refractivity contribution in [1.82, 2.24) is 20.3 Å². The third-order valence-electron chi connectivity index (χ3n) is 3.56. The normalized spacial score (nSPS) is 18.1. The summed E-state index contributed by atoms with van der Waals surface area (Å²) in [6, 6.07) is 4.54. The van der Waals surface area contributed by atoms with Gasteiger partial charge in [-0.1, -0.05) is 6.07 Å². The summed E-state index contributed by atoms with van der Waals surface area (Å²) in [6.45, 7) is 2.69. The Bertz CT molecular complexity index is 550. The molecule has 0 saturated heterocycles. The molecule has 1 N–H and O–H groups in total. The first-order valence-corrected chi connectivity index (χ1v) is 6.77. The van der Waals surface area contributed by atoms with Crippen molar-refractivity contribution in [2.24, 2.45) is 0 Å². The molecular formula is C15H18N4. The average molecular weight is 254 g/mol. The number of nitrogens with zero attached hydrogens (tertiary/aromatic N) is 3. The van der Waals surface area contributed by atoms with E-state index in [1.807, 2.05) is 31.6 Å². The number of aromatic nitrogens is 3. The zero-order chi connectivity index (χ0) is 13.1. The Labute approximate surface area is 113 Å². The standard InChI is InChI=1S/C15H18N4/c1-11-8-18-13(9-17-11)10-19-14-6-2-4-12-5-3-7-16-15(12)14/h3,5,7-9,14,19H,2,4,6,10H2,1H3. The predicted molar refractivity (Wildman–Crippen MR) is 73.5 cm³/mol. The molecule has 4 nitrogen and oxygen atoms in total. The van der Waals surface area contributed by atoms with E-state index in [2.05, 4.69) is 26.3 Å². The summed E-state index contributed by atoms with van der Waals surface area (Å²) >= 11 is 0. The van der Waals surface area contributed by atoms with Crippen LogP contribution in [0, 0.1) is 6.92 Å². The number of pyridine rings is 1. The molecule has 3 rings (SSSR count). The molecule has 0 fully saturated rings. The molecule has 0 spiro atoms. The maximum absolute atomic E-state index is 4.53. The molecule has 1 aliphatic rings. The maximum atomic E-state index is 4.53. The van der Waals surface area contributed by atoms with Crippen molar-refractivity contribution in [3.8, 4) is 0 Å². The topological polar surface area (TPSA) is 50.7 Å². The average Bonchev–Trinajstić information content (AvgIpc) is 2.47. The highest BCUT2D eigenvalue weighted by atomic mass is 15.0. The fourth-order valence-electron chi connectivity index (χ4n) is 2.55. The van der Waals surface area contributed by atoms with Crippen LogP contribution in [-0.4, -0.2) is 15.0 Å². The Morgan fingerprint density at radius 1 is 1.26 bits per heavy atom. The fourth-order valence-corrected chi connectivity index (χ4v) is 2.55. The van der Waals surface area contributed by atoms with Gasteiger partial charge in [0.1, 0.15) is 0 Å². The van der Waals surface area contributed by atoms with E-state index in [1.54, 1.807) is 0 Å². The van der Waals surface area contributed by atoms with E-state index in [1.165, 1.54) is 17.7 Å². The predicted octanol–water partition coefficient (Wildman–Crippen LogP) is 2.35. The van der Waals surface area contributed by atoms with Crippen LogP contribution in [0.5, 0.6) is 0 Å². The number of hydrogen-bond acceptors (Lipinski definition) is 4. The molecule has 1 aliphatic carbocycles. The summed E-state index contributed by atoms with van der Waals surface area (Å²) in [5.74, 6) is 0. The minimum Gasteiger partial charge on any atom is -0.303 e. The molecule has 0 aromatic carbocycles. The molecule has 98 valence electrons. The van der Waals surface area contributed by atoms with Crippen LogP contribution in [0.1, 0.15) is 41.5 Å². The van der Waals surface area contributed by atoms with Gasteiger partial charge < -0.3 is 5.32 Å². The van der Waals surface area contributed by atoms with Crippen LogP contribution >= 0.6 is 0 Å². The molecule has 2 aromatic rings. The van der Waals surface area contributed by atoms with Crippen molar-refractivity contribution in [2.45, 2.75) is 38.8 Å². The van der Waals surface area contributed by atoms with Crippen LogP contribution in [0.25, 0.3) is 0 Å². The lowest BCUT2D eigenvalue weighted by molar-refractivity contribution is 0.444. The molecule has 0 radical (unpaired) electrons. The van der Waals surface area contributed by atoms with Crippen molar-refractivity contribution < 1.29 is 0 Å². The van der Waals surface area contributed by atoms with Gasteiger partial charge in [0.05, 0.1) is 23.1 Å². The van der Waals surface area contributed by atoms with Gasteiger partial charge >= 0.3 is 0 Å². The van der Waals surface area contributed by atoms with Crippen molar-refractivity contribution in [2.75, 3.05) is 0 Å². The lowest BCUT2D eigenvalue weighted by Gasteiger charge is -2.25. The van der Waals surface area contributed by atoms with Crippen molar-refractivity contribution >= 4 is 0 Å². The summed E-state index contributed by atoms with van der Waals surface area (Å²) < 4.78 is 0. The highest BCUT2D eigenvalue weighted by Crippen LogP contribution is 2.27. The third kappa shape index (κ3) is 2.79. The van der Waals surface area contributed by atoms with Crippen molar-refractivity contribution in [3.63, 3.8) is 0 Å². The summed E-state index contributed by atoms with van der Waals surface area (Å²) in [5, 5.41) is 3.55. The van der Waals surface area contributed by atoms with Gasteiger partial charge in [-0.3, -0.25) is 15.0 Å². The van der Waals surface area contributed by atoms with Crippen molar-refractivity contribution in [3.05, 3.63) is 53.4 Å². The van der Waals surface area contributed by atoms with Crippen LogP contribution in [0.2, 0.25) is 0 Å². The van der Waals surface area contributed by atoms with E-state index in [-0.39, 0.29) is 0 Å². The molecule has 1 unspecified atom stereocenters. The highest BCUT2D eigenvalue weighted by Gasteiger charge is 2.20. The summed E-state index contributed by atoms with van der Waals surface area (Å²) in [5.41, 5.74) is 4.51. The van der Waals surface area contributed by atoms with E-state index in [0.717, 1.165) is 30.8 Å². The first kappa shape index (κ1) is 12.2. The minimum atomic E-state index is 0.341. The third-order valence-corrected chi connectivity index (χ3v) is 3.56. The maximum Gasteiger partial charge on any atom is 0.0724 e. The smallest absolute Gasteiger partial charge is 0.0724 e. The molecule has 2 heterocycles. The van der Waals surface area contributed by atoms with Gasteiger partial charge in [-0.05, 0) is 37.8 Å². The zero-order valence-corrected chi connectivity index (χ0v) is 11.1. The Morgan fingerprint density at radius 3 is 3.05 bits per heavy atom. The number of rotatable bonds is 3. The summed E-state index contributed by atoms with van der Waals surface area (Å²) in [6.07, 6.45) is 9.03. The Balaban J connectivity index is 1.69. The van der Waals surface area contributed by atoms with E-state index < -0.39 is 0 Å². The summed E-state index contributed by atoms with van der Waals surface area (Å²) in [4.78, 5) is 13.2. The molecule has 0 bridgehead atoms. The molecule has 19 heavy (non-hydrogen) atoms. The Hall–Kier alpha value is -1.81. The van der Waals surface area contributed by atoms with Gasteiger partial charge in [0.2, 0.25) is 0 Å². The van der Waals surface area contributed by atoms with E-state index in [9.17, 15) is 0 Å². The van der Waals surface area contributed by atoms with E-state index in [0.29, 0.717) is 6.04 Å². The second kappa shape index (κ2) is 5.45. The number of nitrogens with one attached hydrogen (secondary N) is 1. The monoisotopic (exact) mass is 254 g/mol. The Kier molecular flexibility index (Phi) is 3.51. The number of hydrogen-bond donors (Lipinski definition) is 1. The molecule has 2 aromatic heterocycles. The Morgan fingerprint density at radius 2 is 2.21 bits per heavy atom. The van der Waals surface area contributed by atoms with Gasteiger partial charge in [-0.15, -0.1) is 0 Å². The van der Waals surface area contributed by atoms with Gasteiger partial charge in [-0.2, -0.15) is 0 Å². The van der Waals surface area contributed by atoms with Crippen LogP contribution in [-0.2, 0) is 13.0 Å². The SMILES string of the molecule is Cc1cnc(CNC2CCCc3cccnc32)cn1. The van der Waals surface area contributed by atoms with E-state index in [4.69, 9.17) is 0 Å². The van der Waals surface area contributed by atoms with Crippen LogP contribution in [0.3, 0.4) is 0 Å². The lowest BCUT2D eigenvalue weighted by atomic mass is 9.92. The minimum absolute atomic E-state index is 0.341.